The van der Waals surface area contributed by atoms with Crippen molar-refractivity contribution in [1.82, 2.24) is 0 Å². The van der Waals surface area contributed by atoms with Crippen molar-refractivity contribution in [2.24, 2.45) is 5.92 Å². The maximum absolute atomic E-state index is 13.0. The molecule has 1 aliphatic carbocycles. The maximum atomic E-state index is 13.0. The van der Waals surface area contributed by atoms with Gasteiger partial charge in [0.1, 0.15) is 6.54 Å². The number of amides is 3. The van der Waals surface area contributed by atoms with E-state index >= 15 is 0 Å². The number of nitrogens with zero attached hydrogens (tertiary/aromatic N) is 1. The second kappa shape index (κ2) is 8.81. The summed E-state index contributed by atoms with van der Waals surface area (Å²) >= 11 is 0. The van der Waals surface area contributed by atoms with Gasteiger partial charge in [-0.1, -0.05) is 6.07 Å². The van der Waals surface area contributed by atoms with Crippen LogP contribution in [0, 0.1) is 5.92 Å². The van der Waals surface area contributed by atoms with Crippen LogP contribution in [-0.2, 0) is 25.3 Å². The van der Waals surface area contributed by atoms with Gasteiger partial charge in [-0.3, -0.25) is 19.3 Å². The summed E-state index contributed by atoms with van der Waals surface area (Å²) in [5.74, 6) is -2.45. The van der Waals surface area contributed by atoms with Gasteiger partial charge in [0.05, 0.1) is 22.5 Å². The molecule has 1 saturated carbocycles. The third-order valence-corrected chi connectivity index (χ3v) is 5.40. The standard InChI is InChI=1S/C23H20F3N3O5/c1-12(34-22(33)14-3-2-4-16(9-14)27-20(31)13-5-6-13)21(32)29-11-19(30)28-17-10-15(23(24,25)26)7-8-18(17)29/h2-4,7-10,12-13H,5-6,11H2,1H3,(H,27,31)(H,28,30). The molecule has 2 aromatic rings. The number of nitrogens with one attached hydrogen (secondary N) is 2. The Balaban J connectivity index is 1.47. The van der Waals surface area contributed by atoms with Gasteiger partial charge in [0.25, 0.3) is 5.91 Å². The molecule has 0 saturated heterocycles. The Morgan fingerprint density at radius 3 is 2.56 bits per heavy atom. The summed E-state index contributed by atoms with van der Waals surface area (Å²) in [4.78, 5) is 50.4. The summed E-state index contributed by atoms with van der Waals surface area (Å²) < 4.78 is 44.3. The number of rotatable bonds is 5. The molecule has 34 heavy (non-hydrogen) atoms. The van der Waals surface area contributed by atoms with Crippen LogP contribution in [0.1, 0.15) is 35.7 Å². The van der Waals surface area contributed by atoms with Crippen LogP contribution in [0.2, 0.25) is 0 Å². The number of hydrogen-bond donors (Lipinski definition) is 2. The number of halogens is 3. The van der Waals surface area contributed by atoms with Crippen molar-refractivity contribution in [1.29, 1.82) is 0 Å². The summed E-state index contributed by atoms with van der Waals surface area (Å²) in [5.41, 5.74) is -0.580. The van der Waals surface area contributed by atoms with Gasteiger partial charge in [0.15, 0.2) is 6.10 Å². The minimum absolute atomic E-state index is 0.0231. The van der Waals surface area contributed by atoms with Gasteiger partial charge in [-0.05, 0) is 56.2 Å². The van der Waals surface area contributed by atoms with Gasteiger partial charge in [-0.15, -0.1) is 0 Å². The van der Waals surface area contributed by atoms with Crippen LogP contribution in [0.3, 0.4) is 0 Å². The summed E-state index contributed by atoms with van der Waals surface area (Å²) in [6.45, 7) is 0.858. The van der Waals surface area contributed by atoms with Crippen LogP contribution in [0.5, 0.6) is 0 Å². The molecule has 2 N–H and O–H groups in total. The first-order valence-electron chi connectivity index (χ1n) is 10.5. The van der Waals surface area contributed by atoms with E-state index < -0.39 is 42.2 Å². The molecule has 11 heteroatoms. The maximum Gasteiger partial charge on any atom is 0.416 e. The van der Waals surface area contributed by atoms with E-state index in [-0.39, 0.29) is 28.8 Å². The molecule has 1 fully saturated rings. The Morgan fingerprint density at radius 1 is 1.15 bits per heavy atom. The molecule has 2 aliphatic rings. The lowest BCUT2D eigenvalue weighted by molar-refractivity contribution is -0.137. The van der Waals surface area contributed by atoms with E-state index in [2.05, 4.69) is 10.6 Å². The fraction of sp³-hybridized carbons (Fsp3) is 0.304. The highest BCUT2D eigenvalue weighted by Crippen LogP contribution is 2.37. The number of hydrogen-bond acceptors (Lipinski definition) is 5. The lowest BCUT2D eigenvalue weighted by Gasteiger charge is -2.31. The third kappa shape index (κ3) is 5.03. The van der Waals surface area contributed by atoms with Crippen LogP contribution in [-0.4, -0.2) is 36.3 Å². The summed E-state index contributed by atoms with van der Waals surface area (Å²) in [6, 6.07) is 8.66. The molecule has 1 aliphatic heterocycles. The summed E-state index contributed by atoms with van der Waals surface area (Å²) in [5, 5.41) is 5.03. The van der Waals surface area contributed by atoms with E-state index in [4.69, 9.17) is 4.74 Å². The minimum atomic E-state index is -4.62. The summed E-state index contributed by atoms with van der Waals surface area (Å²) in [6.07, 6.45) is -4.31. The summed E-state index contributed by atoms with van der Waals surface area (Å²) in [7, 11) is 0. The number of carbonyl (C=O) groups excluding carboxylic acids is 4. The first-order chi connectivity index (χ1) is 16.0. The van der Waals surface area contributed by atoms with Crippen molar-refractivity contribution >= 4 is 40.8 Å². The molecule has 3 amide bonds. The van der Waals surface area contributed by atoms with E-state index in [1.165, 1.54) is 19.1 Å². The molecule has 0 radical (unpaired) electrons. The van der Waals surface area contributed by atoms with Crippen molar-refractivity contribution in [3.8, 4) is 0 Å². The fourth-order valence-corrected chi connectivity index (χ4v) is 3.48. The van der Waals surface area contributed by atoms with Gasteiger partial charge >= 0.3 is 12.1 Å². The first-order valence-corrected chi connectivity index (χ1v) is 10.5. The van der Waals surface area contributed by atoms with E-state index in [1.54, 1.807) is 12.1 Å². The second-order valence-electron chi connectivity index (χ2n) is 8.09. The van der Waals surface area contributed by atoms with Gasteiger partial charge in [-0.2, -0.15) is 13.2 Å². The lowest BCUT2D eigenvalue weighted by atomic mass is 10.1. The van der Waals surface area contributed by atoms with Crippen molar-refractivity contribution < 1.29 is 37.1 Å². The molecule has 4 rings (SSSR count). The zero-order valence-corrected chi connectivity index (χ0v) is 17.9. The molecule has 1 unspecified atom stereocenters. The first kappa shape index (κ1) is 23.3. The highest BCUT2D eigenvalue weighted by molar-refractivity contribution is 6.11. The Kier molecular flexibility index (Phi) is 6.03. The Morgan fingerprint density at radius 2 is 1.88 bits per heavy atom. The Bertz CT molecular complexity index is 1180. The van der Waals surface area contributed by atoms with E-state index in [0.29, 0.717) is 5.69 Å². The number of esters is 1. The number of fused-ring (bicyclic) bond motifs is 1. The molecule has 0 bridgehead atoms. The zero-order valence-electron chi connectivity index (χ0n) is 17.9. The number of alkyl halides is 3. The number of anilines is 3. The topological polar surface area (TPSA) is 105 Å². The monoisotopic (exact) mass is 475 g/mol. The van der Waals surface area contributed by atoms with Crippen molar-refractivity contribution in [2.45, 2.75) is 32.0 Å². The highest BCUT2D eigenvalue weighted by atomic mass is 19.4. The largest absolute Gasteiger partial charge is 0.449 e. The zero-order chi connectivity index (χ0) is 24.6. The predicted molar refractivity (Wildman–Crippen MR) is 115 cm³/mol. The van der Waals surface area contributed by atoms with Gasteiger partial charge < -0.3 is 15.4 Å². The van der Waals surface area contributed by atoms with Crippen molar-refractivity contribution in [3.05, 3.63) is 53.6 Å². The highest BCUT2D eigenvalue weighted by Gasteiger charge is 2.36. The fourth-order valence-electron chi connectivity index (χ4n) is 3.48. The normalized spacial score (nSPS) is 16.2. The molecule has 8 nitrogen and oxygen atoms in total. The van der Waals surface area contributed by atoms with Gasteiger partial charge in [-0.25, -0.2) is 4.79 Å². The van der Waals surface area contributed by atoms with Crippen LogP contribution >= 0.6 is 0 Å². The number of carbonyl (C=O) groups is 4. The van der Waals surface area contributed by atoms with E-state index in [9.17, 15) is 32.3 Å². The Labute approximate surface area is 192 Å². The van der Waals surface area contributed by atoms with Crippen molar-refractivity contribution in [2.75, 3.05) is 22.1 Å². The quantitative estimate of drug-likeness (QED) is 0.644. The number of benzene rings is 2. The van der Waals surface area contributed by atoms with Crippen LogP contribution in [0.25, 0.3) is 0 Å². The molecular formula is C23H20F3N3O5. The van der Waals surface area contributed by atoms with Crippen LogP contribution in [0.4, 0.5) is 30.2 Å². The average Bonchev–Trinajstić information content (AvgIpc) is 3.62. The van der Waals surface area contributed by atoms with Crippen LogP contribution in [0.15, 0.2) is 42.5 Å². The molecule has 0 spiro atoms. The van der Waals surface area contributed by atoms with Crippen LogP contribution < -0.4 is 15.5 Å². The smallest absolute Gasteiger partial charge is 0.416 e. The van der Waals surface area contributed by atoms with Gasteiger partial charge in [0.2, 0.25) is 11.8 Å². The van der Waals surface area contributed by atoms with E-state index in [0.717, 1.165) is 35.9 Å². The molecule has 2 aromatic carbocycles. The van der Waals surface area contributed by atoms with E-state index in [1.807, 2.05) is 0 Å². The molecular weight excluding hydrogens is 455 g/mol. The van der Waals surface area contributed by atoms with Crippen molar-refractivity contribution in [3.63, 3.8) is 0 Å². The number of ether oxygens (including phenoxy) is 1. The molecule has 178 valence electrons. The lowest BCUT2D eigenvalue weighted by Crippen LogP contribution is -2.47. The minimum Gasteiger partial charge on any atom is -0.449 e. The molecule has 0 aromatic heterocycles. The molecule has 1 atom stereocenters. The molecule has 1 heterocycles. The predicted octanol–water partition coefficient (Wildman–Crippen LogP) is 3.58. The Hall–Kier alpha value is -3.89. The van der Waals surface area contributed by atoms with Gasteiger partial charge in [0, 0.05) is 11.6 Å². The third-order valence-electron chi connectivity index (χ3n) is 5.40. The SMILES string of the molecule is CC(OC(=O)c1cccc(NC(=O)C2CC2)c1)C(=O)N1CC(=O)Nc2cc(C(F)(F)F)ccc21. The average molecular weight is 475 g/mol. The second-order valence-corrected chi connectivity index (χ2v) is 8.09.